The first-order chi connectivity index (χ1) is 14.2. The Morgan fingerprint density at radius 3 is 2.69 bits per heavy atom. The number of hydrogen-bond acceptors (Lipinski definition) is 6. The van der Waals surface area contributed by atoms with Crippen molar-refractivity contribution < 1.29 is 9.47 Å². The van der Waals surface area contributed by atoms with Crippen LogP contribution in [0.4, 0.5) is 11.4 Å². The molecule has 0 amide bonds. The van der Waals surface area contributed by atoms with Gasteiger partial charge in [0, 0.05) is 55.7 Å². The number of benzene rings is 1. The minimum atomic E-state index is 0.358. The van der Waals surface area contributed by atoms with Gasteiger partial charge in [-0.3, -0.25) is 9.67 Å². The normalized spacial score (nSPS) is 16.8. The summed E-state index contributed by atoms with van der Waals surface area (Å²) in [6.45, 7) is 7.16. The number of aromatic nitrogens is 3. The second-order valence-electron chi connectivity index (χ2n) is 7.34. The van der Waals surface area contributed by atoms with Crippen molar-refractivity contribution in [2.75, 3.05) is 36.5 Å². The van der Waals surface area contributed by atoms with Crippen molar-refractivity contribution in [1.29, 1.82) is 0 Å². The van der Waals surface area contributed by atoms with Gasteiger partial charge >= 0.3 is 0 Å². The molecule has 1 aliphatic heterocycles. The molecule has 1 unspecified atom stereocenters. The summed E-state index contributed by atoms with van der Waals surface area (Å²) in [4.78, 5) is 6.95. The molecular weight excluding hydrogens is 366 g/mol. The maximum Gasteiger partial charge on any atom is 0.163 e. The molecule has 1 fully saturated rings. The van der Waals surface area contributed by atoms with E-state index in [-0.39, 0.29) is 0 Å². The van der Waals surface area contributed by atoms with E-state index in [1.165, 1.54) is 5.69 Å². The van der Waals surface area contributed by atoms with Gasteiger partial charge in [0.2, 0.25) is 0 Å². The van der Waals surface area contributed by atoms with Crippen LogP contribution in [0.1, 0.15) is 26.7 Å². The van der Waals surface area contributed by atoms with Crippen LogP contribution < -0.4 is 19.7 Å². The van der Waals surface area contributed by atoms with E-state index in [9.17, 15) is 0 Å². The lowest BCUT2D eigenvalue weighted by atomic mass is 10.0. The maximum atomic E-state index is 5.82. The first-order valence-corrected chi connectivity index (χ1v) is 10.4. The van der Waals surface area contributed by atoms with Crippen molar-refractivity contribution in [1.82, 2.24) is 14.8 Å². The fourth-order valence-electron chi connectivity index (χ4n) is 3.94. The van der Waals surface area contributed by atoms with Crippen molar-refractivity contribution >= 4 is 22.3 Å². The molecule has 2 aromatic heterocycles. The number of piperidine rings is 1. The first-order valence-electron chi connectivity index (χ1n) is 10.4. The number of hydrogen-bond donors (Lipinski definition) is 1. The quantitative estimate of drug-likeness (QED) is 0.656. The molecular formula is C22H29N5O2. The molecule has 29 heavy (non-hydrogen) atoms. The van der Waals surface area contributed by atoms with Crippen molar-refractivity contribution in [3.63, 3.8) is 0 Å². The van der Waals surface area contributed by atoms with Gasteiger partial charge in [0.25, 0.3) is 0 Å². The van der Waals surface area contributed by atoms with Gasteiger partial charge in [-0.1, -0.05) is 0 Å². The van der Waals surface area contributed by atoms with Gasteiger partial charge in [0.15, 0.2) is 11.5 Å². The van der Waals surface area contributed by atoms with Crippen LogP contribution in [0.3, 0.4) is 0 Å². The third-order valence-electron chi connectivity index (χ3n) is 5.24. The van der Waals surface area contributed by atoms with Gasteiger partial charge in [-0.2, -0.15) is 5.10 Å². The van der Waals surface area contributed by atoms with Crippen LogP contribution >= 0.6 is 0 Å². The predicted molar refractivity (Wildman–Crippen MR) is 116 cm³/mol. The lowest BCUT2D eigenvalue weighted by molar-refractivity contribution is 0.288. The molecule has 0 aliphatic carbocycles. The predicted octanol–water partition coefficient (Wildman–Crippen LogP) is 3.85. The highest BCUT2D eigenvalue weighted by Crippen LogP contribution is 2.35. The summed E-state index contributed by atoms with van der Waals surface area (Å²) in [7, 11) is 1.96. The fraction of sp³-hybridized carbons (Fsp3) is 0.455. The average Bonchev–Trinajstić information content (AvgIpc) is 3.16. The van der Waals surface area contributed by atoms with E-state index in [1.807, 2.05) is 56.2 Å². The van der Waals surface area contributed by atoms with E-state index in [1.54, 1.807) is 0 Å². The molecule has 7 nitrogen and oxygen atoms in total. The summed E-state index contributed by atoms with van der Waals surface area (Å²) >= 11 is 0. The van der Waals surface area contributed by atoms with Crippen molar-refractivity contribution in [3.8, 4) is 11.5 Å². The number of nitrogens with zero attached hydrogens (tertiary/aromatic N) is 4. The number of rotatable bonds is 7. The van der Waals surface area contributed by atoms with Crippen LogP contribution in [-0.4, -0.2) is 47.1 Å². The lowest BCUT2D eigenvalue weighted by Crippen LogP contribution is -2.42. The lowest BCUT2D eigenvalue weighted by Gasteiger charge is -2.34. The Morgan fingerprint density at radius 2 is 1.97 bits per heavy atom. The summed E-state index contributed by atoms with van der Waals surface area (Å²) in [6, 6.07) is 6.41. The van der Waals surface area contributed by atoms with Gasteiger partial charge in [0.05, 0.1) is 30.6 Å². The van der Waals surface area contributed by atoms with E-state index in [4.69, 9.17) is 9.47 Å². The average molecular weight is 396 g/mol. The van der Waals surface area contributed by atoms with Gasteiger partial charge in [-0.15, -0.1) is 0 Å². The molecule has 1 N–H and O–H groups in total. The Kier molecular flexibility index (Phi) is 5.74. The van der Waals surface area contributed by atoms with E-state index in [0.29, 0.717) is 19.3 Å². The summed E-state index contributed by atoms with van der Waals surface area (Å²) in [5.41, 5.74) is 3.16. The SMILES string of the molecule is CCOc1cc2nccc(NC3CCCN(c4cnn(C)c4)C3)c2cc1OCC. The van der Waals surface area contributed by atoms with Gasteiger partial charge in [-0.05, 0) is 38.8 Å². The molecule has 1 saturated heterocycles. The number of anilines is 2. The molecule has 7 heteroatoms. The van der Waals surface area contributed by atoms with E-state index in [2.05, 4.69) is 26.5 Å². The smallest absolute Gasteiger partial charge is 0.163 e. The Hall–Kier alpha value is -2.96. The van der Waals surface area contributed by atoms with Crippen molar-refractivity contribution in [2.45, 2.75) is 32.7 Å². The first kappa shape index (κ1) is 19.4. The molecule has 3 aromatic rings. The Morgan fingerprint density at radius 1 is 1.17 bits per heavy atom. The molecule has 1 aliphatic rings. The van der Waals surface area contributed by atoms with Gasteiger partial charge < -0.3 is 19.7 Å². The molecule has 0 bridgehead atoms. The minimum absolute atomic E-state index is 0.358. The van der Waals surface area contributed by atoms with Crippen molar-refractivity contribution in [3.05, 3.63) is 36.8 Å². The highest BCUT2D eigenvalue weighted by atomic mass is 16.5. The molecule has 0 radical (unpaired) electrons. The van der Waals surface area contributed by atoms with Crippen LogP contribution in [0.15, 0.2) is 36.8 Å². The maximum absolute atomic E-state index is 5.82. The van der Waals surface area contributed by atoms with E-state index < -0.39 is 0 Å². The third kappa shape index (κ3) is 4.23. The molecule has 0 saturated carbocycles. The Bertz CT molecular complexity index is 971. The summed E-state index contributed by atoms with van der Waals surface area (Å²) in [5.74, 6) is 1.51. The standard InChI is InChI=1S/C22H29N5O2/c1-4-28-21-11-18-19(8-9-23-20(18)12-22(21)29-5-2)25-16-7-6-10-27(14-16)17-13-24-26(3)15-17/h8-9,11-13,15-16H,4-7,10,14H2,1-3H3,(H,23,25). The van der Waals surface area contributed by atoms with Crippen LogP contribution in [0.2, 0.25) is 0 Å². The van der Waals surface area contributed by atoms with E-state index >= 15 is 0 Å². The topological polar surface area (TPSA) is 64.4 Å². The number of fused-ring (bicyclic) bond motifs is 1. The molecule has 0 spiro atoms. The zero-order valence-electron chi connectivity index (χ0n) is 17.4. The number of aryl methyl sites for hydroxylation is 1. The van der Waals surface area contributed by atoms with Crippen LogP contribution in [0, 0.1) is 0 Å². The second kappa shape index (κ2) is 8.59. The summed E-state index contributed by atoms with van der Waals surface area (Å²) in [5, 5.41) is 9.11. The molecule has 3 heterocycles. The molecule has 154 valence electrons. The number of nitrogens with one attached hydrogen (secondary N) is 1. The van der Waals surface area contributed by atoms with Crippen LogP contribution in [0.5, 0.6) is 11.5 Å². The number of ether oxygens (including phenoxy) is 2. The molecule has 1 atom stereocenters. The van der Waals surface area contributed by atoms with E-state index in [0.717, 1.165) is 54.0 Å². The Labute approximate surface area is 171 Å². The van der Waals surface area contributed by atoms with Gasteiger partial charge in [-0.25, -0.2) is 0 Å². The fourth-order valence-corrected chi connectivity index (χ4v) is 3.94. The third-order valence-corrected chi connectivity index (χ3v) is 5.24. The minimum Gasteiger partial charge on any atom is -0.490 e. The highest BCUT2D eigenvalue weighted by Gasteiger charge is 2.22. The second-order valence-corrected chi connectivity index (χ2v) is 7.34. The summed E-state index contributed by atoms with van der Waals surface area (Å²) in [6.07, 6.45) is 8.15. The molecule has 1 aromatic carbocycles. The molecule has 4 rings (SSSR count). The van der Waals surface area contributed by atoms with Crippen molar-refractivity contribution in [2.24, 2.45) is 7.05 Å². The monoisotopic (exact) mass is 395 g/mol. The van der Waals surface area contributed by atoms with Crippen LogP contribution in [0.25, 0.3) is 10.9 Å². The summed E-state index contributed by atoms with van der Waals surface area (Å²) < 4.78 is 13.4. The van der Waals surface area contributed by atoms with Crippen LogP contribution in [-0.2, 0) is 7.05 Å². The van der Waals surface area contributed by atoms with Gasteiger partial charge in [0.1, 0.15) is 0 Å². The Balaban J connectivity index is 1.59. The zero-order valence-corrected chi connectivity index (χ0v) is 17.4. The zero-order chi connectivity index (χ0) is 20.2. The number of pyridine rings is 1. The highest BCUT2D eigenvalue weighted by molar-refractivity contribution is 5.93. The largest absolute Gasteiger partial charge is 0.490 e.